The first-order valence-corrected chi connectivity index (χ1v) is 4.89. The molecule has 0 aliphatic rings. The molecule has 1 N–H and O–H groups in total. The van der Waals surface area contributed by atoms with Crippen LogP contribution in [0.3, 0.4) is 0 Å². The Morgan fingerprint density at radius 2 is 1.77 bits per heavy atom. The van der Waals surface area contributed by atoms with Crippen LogP contribution in [0.15, 0.2) is 0 Å². The molecule has 13 heavy (non-hydrogen) atoms. The number of carboxylic acid groups (broad SMARTS) is 1. The Balaban J connectivity index is 3.92. The predicted octanol–water partition coefficient (Wildman–Crippen LogP) is 1.83. The van der Waals surface area contributed by atoms with Gasteiger partial charge in [-0.3, -0.25) is 4.79 Å². The Morgan fingerprint density at radius 1 is 1.31 bits per heavy atom. The van der Waals surface area contributed by atoms with Crippen molar-refractivity contribution in [3.8, 4) is 0 Å². The van der Waals surface area contributed by atoms with Gasteiger partial charge in [-0.1, -0.05) is 13.8 Å². The van der Waals surface area contributed by atoms with Crippen LogP contribution in [-0.4, -0.2) is 35.6 Å². The van der Waals surface area contributed by atoms with Crippen molar-refractivity contribution in [3.63, 3.8) is 0 Å². The number of carboxylic acids is 1. The van der Waals surface area contributed by atoms with E-state index in [1.165, 1.54) is 0 Å². The standard InChI is InChI=1S/C10H21NO2/c1-5-11(6-2)8-7-10(3,4)9(12)13/h5-8H2,1-4H3,(H,12,13). The Hall–Kier alpha value is -0.570. The number of carbonyl (C=O) groups is 1. The number of rotatable bonds is 6. The Kier molecular flexibility index (Phi) is 4.99. The van der Waals surface area contributed by atoms with Gasteiger partial charge in [0, 0.05) is 0 Å². The molecule has 0 aromatic carbocycles. The molecule has 0 saturated heterocycles. The zero-order chi connectivity index (χ0) is 10.5. The predicted molar refractivity (Wildman–Crippen MR) is 53.8 cm³/mol. The van der Waals surface area contributed by atoms with Gasteiger partial charge in [-0.15, -0.1) is 0 Å². The van der Waals surface area contributed by atoms with Crippen LogP contribution < -0.4 is 0 Å². The van der Waals surface area contributed by atoms with Gasteiger partial charge < -0.3 is 10.0 Å². The van der Waals surface area contributed by atoms with Gasteiger partial charge >= 0.3 is 5.97 Å². The average molecular weight is 187 g/mol. The lowest BCUT2D eigenvalue weighted by Gasteiger charge is -2.24. The molecule has 0 aromatic rings. The van der Waals surface area contributed by atoms with Gasteiger partial charge in [0.05, 0.1) is 5.41 Å². The van der Waals surface area contributed by atoms with Crippen molar-refractivity contribution < 1.29 is 9.90 Å². The molecule has 0 unspecified atom stereocenters. The number of aliphatic carboxylic acids is 1. The van der Waals surface area contributed by atoms with Crippen LogP contribution in [0.25, 0.3) is 0 Å². The molecule has 0 amide bonds. The third kappa shape index (κ3) is 4.27. The van der Waals surface area contributed by atoms with E-state index in [0.717, 1.165) is 19.6 Å². The van der Waals surface area contributed by atoms with Gasteiger partial charge in [-0.2, -0.15) is 0 Å². The topological polar surface area (TPSA) is 40.5 Å². The van der Waals surface area contributed by atoms with Gasteiger partial charge in [0.2, 0.25) is 0 Å². The second-order valence-electron chi connectivity index (χ2n) is 3.97. The summed E-state index contributed by atoms with van der Waals surface area (Å²) in [5.41, 5.74) is -0.595. The van der Waals surface area contributed by atoms with E-state index in [0.29, 0.717) is 6.42 Å². The van der Waals surface area contributed by atoms with Crippen molar-refractivity contribution in [2.24, 2.45) is 5.41 Å². The minimum absolute atomic E-state index is 0.595. The summed E-state index contributed by atoms with van der Waals surface area (Å²) in [5.74, 6) is -0.709. The van der Waals surface area contributed by atoms with Crippen molar-refractivity contribution in [3.05, 3.63) is 0 Å². The molecular formula is C10H21NO2. The first-order valence-electron chi connectivity index (χ1n) is 4.89. The summed E-state index contributed by atoms with van der Waals surface area (Å²) >= 11 is 0. The van der Waals surface area contributed by atoms with Crippen LogP contribution >= 0.6 is 0 Å². The molecule has 3 heteroatoms. The maximum absolute atomic E-state index is 10.8. The zero-order valence-corrected chi connectivity index (χ0v) is 9.13. The van der Waals surface area contributed by atoms with Gasteiger partial charge in [-0.05, 0) is 39.9 Å². The van der Waals surface area contributed by atoms with E-state index < -0.39 is 11.4 Å². The fraction of sp³-hybridized carbons (Fsp3) is 0.900. The number of hydrogen-bond acceptors (Lipinski definition) is 2. The van der Waals surface area contributed by atoms with E-state index in [1.807, 2.05) is 0 Å². The number of hydrogen-bond donors (Lipinski definition) is 1. The van der Waals surface area contributed by atoms with Crippen LogP contribution in [0.4, 0.5) is 0 Å². The maximum atomic E-state index is 10.8. The van der Waals surface area contributed by atoms with Crippen LogP contribution in [0, 0.1) is 5.41 Å². The smallest absolute Gasteiger partial charge is 0.309 e. The Bertz CT molecular complexity index is 162. The fourth-order valence-corrected chi connectivity index (χ4v) is 1.08. The first-order chi connectivity index (χ1) is 5.94. The average Bonchev–Trinajstić information content (AvgIpc) is 2.06. The molecule has 0 aliphatic carbocycles. The highest BCUT2D eigenvalue weighted by Gasteiger charge is 2.26. The summed E-state index contributed by atoms with van der Waals surface area (Å²) in [6.07, 6.45) is 0.712. The van der Waals surface area contributed by atoms with Gasteiger partial charge in [-0.25, -0.2) is 0 Å². The lowest BCUT2D eigenvalue weighted by molar-refractivity contribution is -0.147. The highest BCUT2D eigenvalue weighted by atomic mass is 16.4. The normalized spacial score (nSPS) is 12.1. The van der Waals surface area contributed by atoms with E-state index in [2.05, 4.69) is 18.7 Å². The minimum atomic E-state index is -0.709. The summed E-state index contributed by atoms with van der Waals surface area (Å²) in [6, 6.07) is 0. The molecule has 0 spiro atoms. The van der Waals surface area contributed by atoms with Crippen LogP contribution in [-0.2, 0) is 4.79 Å². The van der Waals surface area contributed by atoms with Gasteiger partial charge in [0.1, 0.15) is 0 Å². The Morgan fingerprint density at radius 3 is 2.08 bits per heavy atom. The maximum Gasteiger partial charge on any atom is 0.309 e. The summed E-state index contributed by atoms with van der Waals surface area (Å²) < 4.78 is 0. The molecule has 0 saturated carbocycles. The molecule has 0 aromatic heterocycles. The van der Waals surface area contributed by atoms with Crippen molar-refractivity contribution >= 4 is 5.97 Å². The molecule has 0 radical (unpaired) electrons. The van der Waals surface area contributed by atoms with E-state index in [9.17, 15) is 4.79 Å². The highest BCUT2D eigenvalue weighted by Crippen LogP contribution is 2.20. The fourth-order valence-electron chi connectivity index (χ4n) is 1.08. The molecule has 0 atom stereocenters. The van der Waals surface area contributed by atoms with Crippen molar-refractivity contribution in [1.29, 1.82) is 0 Å². The second-order valence-corrected chi connectivity index (χ2v) is 3.97. The molecule has 0 aliphatic heterocycles. The largest absolute Gasteiger partial charge is 0.481 e. The molecule has 0 rings (SSSR count). The lowest BCUT2D eigenvalue weighted by atomic mass is 9.89. The van der Waals surface area contributed by atoms with E-state index in [1.54, 1.807) is 13.8 Å². The van der Waals surface area contributed by atoms with Crippen molar-refractivity contribution in [2.45, 2.75) is 34.1 Å². The SMILES string of the molecule is CCN(CC)CCC(C)(C)C(=O)O. The first kappa shape index (κ1) is 12.4. The van der Waals surface area contributed by atoms with E-state index >= 15 is 0 Å². The van der Waals surface area contributed by atoms with Crippen LogP contribution in [0.1, 0.15) is 34.1 Å². The van der Waals surface area contributed by atoms with Crippen molar-refractivity contribution in [2.75, 3.05) is 19.6 Å². The highest BCUT2D eigenvalue weighted by molar-refractivity contribution is 5.73. The summed E-state index contributed by atoms with van der Waals surface area (Å²) in [4.78, 5) is 13.0. The van der Waals surface area contributed by atoms with Crippen LogP contribution in [0.2, 0.25) is 0 Å². The van der Waals surface area contributed by atoms with Gasteiger partial charge in [0.15, 0.2) is 0 Å². The molecule has 0 heterocycles. The van der Waals surface area contributed by atoms with Crippen molar-refractivity contribution in [1.82, 2.24) is 4.90 Å². The quantitative estimate of drug-likeness (QED) is 0.689. The number of nitrogens with zero attached hydrogens (tertiary/aromatic N) is 1. The zero-order valence-electron chi connectivity index (χ0n) is 9.13. The second kappa shape index (κ2) is 5.22. The summed E-state index contributed by atoms with van der Waals surface area (Å²) in [5, 5.41) is 8.88. The molecule has 3 nitrogen and oxygen atoms in total. The van der Waals surface area contributed by atoms with E-state index in [4.69, 9.17) is 5.11 Å². The molecule has 78 valence electrons. The molecule has 0 bridgehead atoms. The molecular weight excluding hydrogens is 166 g/mol. The minimum Gasteiger partial charge on any atom is -0.481 e. The third-order valence-electron chi connectivity index (χ3n) is 2.53. The van der Waals surface area contributed by atoms with Gasteiger partial charge in [0.25, 0.3) is 0 Å². The Labute approximate surface area is 80.7 Å². The summed E-state index contributed by atoms with van der Waals surface area (Å²) in [6.45, 7) is 10.6. The third-order valence-corrected chi connectivity index (χ3v) is 2.53. The lowest BCUT2D eigenvalue weighted by Crippen LogP contribution is -2.31. The van der Waals surface area contributed by atoms with Crippen LogP contribution in [0.5, 0.6) is 0 Å². The molecule has 0 fully saturated rings. The monoisotopic (exact) mass is 187 g/mol. The summed E-state index contributed by atoms with van der Waals surface area (Å²) in [7, 11) is 0. The van der Waals surface area contributed by atoms with E-state index in [-0.39, 0.29) is 0 Å².